The van der Waals surface area contributed by atoms with Gasteiger partial charge in [-0.2, -0.15) is 0 Å². The van der Waals surface area contributed by atoms with Gasteiger partial charge in [0.15, 0.2) is 0 Å². The molecular formula is C14H27N3O2. The van der Waals surface area contributed by atoms with Crippen LogP contribution in [0.15, 0.2) is 0 Å². The minimum atomic E-state index is -0.481. The number of hydrogen-bond donors (Lipinski definition) is 2. The largest absolute Gasteiger partial charge is 0.350 e. The quantitative estimate of drug-likeness (QED) is 0.795. The third kappa shape index (κ3) is 4.20. The monoisotopic (exact) mass is 269 g/mol. The van der Waals surface area contributed by atoms with Crippen molar-refractivity contribution >= 4 is 11.8 Å². The Balaban J connectivity index is 2.67. The molecule has 5 nitrogen and oxygen atoms in total. The van der Waals surface area contributed by atoms with Gasteiger partial charge in [0.25, 0.3) is 0 Å². The second-order valence-corrected chi connectivity index (χ2v) is 5.87. The maximum absolute atomic E-state index is 12.1. The number of nitrogens with one attached hydrogen (secondary N) is 1. The fourth-order valence-electron chi connectivity index (χ4n) is 2.56. The number of hydrogen-bond acceptors (Lipinski definition) is 3. The van der Waals surface area contributed by atoms with E-state index in [9.17, 15) is 9.59 Å². The van der Waals surface area contributed by atoms with Gasteiger partial charge in [-0.05, 0) is 18.8 Å². The standard InChI is InChI=1S/C14H27N3O2/c1-9(2)13(15)14(19)16-11-7-5-6-8-12(11)17(4)10(3)18/h9,11-13H,5-8,15H2,1-4H3,(H,16,19). The third-order valence-corrected chi connectivity index (χ3v) is 4.07. The molecule has 3 N–H and O–H groups in total. The van der Waals surface area contributed by atoms with E-state index in [-0.39, 0.29) is 29.8 Å². The molecule has 1 aliphatic rings. The number of carbonyl (C=O) groups is 2. The number of likely N-dealkylation sites (N-methyl/N-ethyl adjacent to an activating group) is 1. The number of amides is 2. The fraction of sp³-hybridized carbons (Fsp3) is 0.857. The SMILES string of the molecule is CC(=O)N(C)C1CCCCC1NC(=O)C(N)C(C)C. The van der Waals surface area contributed by atoms with Crippen molar-refractivity contribution in [2.24, 2.45) is 11.7 Å². The summed E-state index contributed by atoms with van der Waals surface area (Å²) in [5, 5.41) is 3.03. The number of rotatable bonds is 4. The second kappa shape index (κ2) is 6.89. The first-order chi connectivity index (χ1) is 8.84. The van der Waals surface area contributed by atoms with Gasteiger partial charge in [0.05, 0.1) is 12.1 Å². The summed E-state index contributed by atoms with van der Waals surface area (Å²) in [6.45, 7) is 5.43. The van der Waals surface area contributed by atoms with Gasteiger partial charge in [0.2, 0.25) is 11.8 Å². The average Bonchev–Trinajstić information content (AvgIpc) is 2.37. The van der Waals surface area contributed by atoms with Crippen LogP contribution in [0.4, 0.5) is 0 Å². The van der Waals surface area contributed by atoms with Crippen LogP contribution in [0.1, 0.15) is 46.5 Å². The molecule has 0 spiro atoms. The summed E-state index contributed by atoms with van der Waals surface area (Å²) in [6, 6.07) is -0.361. The van der Waals surface area contributed by atoms with Gasteiger partial charge in [-0.25, -0.2) is 0 Å². The van der Waals surface area contributed by atoms with Gasteiger partial charge in [0, 0.05) is 20.0 Å². The Morgan fingerprint density at radius 2 is 1.84 bits per heavy atom. The summed E-state index contributed by atoms with van der Waals surface area (Å²) in [4.78, 5) is 25.3. The van der Waals surface area contributed by atoms with Crippen molar-refractivity contribution in [1.82, 2.24) is 10.2 Å². The maximum atomic E-state index is 12.1. The highest BCUT2D eigenvalue weighted by Crippen LogP contribution is 2.23. The van der Waals surface area contributed by atoms with Crippen LogP contribution in [0.5, 0.6) is 0 Å². The topological polar surface area (TPSA) is 75.4 Å². The minimum Gasteiger partial charge on any atom is -0.350 e. The Morgan fingerprint density at radius 1 is 1.26 bits per heavy atom. The molecule has 1 aliphatic carbocycles. The highest BCUT2D eigenvalue weighted by Gasteiger charge is 2.32. The van der Waals surface area contributed by atoms with E-state index in [0.29, 0.717) is 0 Å². The molecule has 0 radical (unpaired) electrons. The van der Waals surface area contributed by atoms with Crippen LogP contribution in [0.25, 0.3) is 0 Å². The van der Waals surface area contributed by atoms with Crippen LogP contribution in [-0.2, 0) is 9.59 Å². The Hall–Kier alpha value is -1.10. The lowest BCUT2D eigenvalue weighted by Gasteiger charge is -2.38. The van der Waals surface area contributed by atoms with Gasteiger partial charge >= 0.3 is 0 Å². The first-order valence-electron chi connectivity index (χ1n) is 7.14. The summed E-state index contributed by atoms with van der Waals surface area (Å²) >= 11 is 0. The summed E-state index contributed by atoms with van der Waals surface area (Å²) in [7, 11) is 1.81. The lowest BCUT2D eigenvalue weighted by atomic mass is 9.88. The molecule has 0 saturated heterocycles. The summed E-state index contributed by atoms with van der Waals surface area (Å²) in [5.74, 6) is 0.0516. The molecular weight excluding hydrogens is 242 g/mol. The van der Waals surface area contributed by atoms with Crippen LogP contribution in [-0.4, -0.2) is 41.9 Å². The van der Waals surface area contributed by atoms with Gasteiger partial charge in [-0.1, -0.05) is 26.7 Å². The number of nitrogens with two attached hydrogens (primary N) is 1. The first-order valence-corrected chi connectivity index (χ1v) is 7.14. The zero-order chi connectivity index (χ0) is 14.6. The van der Waals surface area contributed by atoms with E-state index in [1.54, 1.807) is 18.9 Å². The van der Waals surface area contributed by atoms with Crippen molar-refractivity contribution in [3.63, 3.8) is 0 Å². The Kier molecular flexibility index (Phi) is 5.79. The molecule has 1 saturated carbocycles. The van der Waals surface area contributed by atoms with Gasteiger partial charge in [0.1, 0.15) is 0 Å². The van der Waals surface area contributed by atoms with E-state index < -0.39 is 6.04 Å². The maximum Gasteiger partial charge on any atom is 0.237 e. The van der Waals surface area contributed by atoms with Crippen molar-refractivity contribution in [1.29, 1.82) is 0 Å². The molecule has 1 rings (SSSR count). The molecule has 110 valence electrons. The van der Waals surface area contributed by atoms with E-state index in [4.69, 9.17) is 5.73 Å². The first kappa shape index (κ1) is 16.0. The Morgan fingerprint density at radius 3 is 2.37 bits per heavy atom. The average molecular weight is 269 g/mol. The highest BCUT2D eigenvalue weighted by atomic mass is 16.2. The molecule has 1 fully saturated rings. The van der Waals surface area contributed by atoms with E-state index in [0.717, 1.165) is 25.7 Å². The molecule has 0 aromatic rings. The smallest absolute Gasteiger partial charge is 0.237 e. The molecule has 5 heteroatoms. The Labute approximate surface area is 115 Å². The highest BCUT2D eigenvalue weighted by molar-refractivity contribution is 5.82. The minimum absolute atomic E-state index is 0.0277. The molecule has 0 bridgehead atoms. The molecule has 2 amide bonds. The number of carbonyl (C=O) groups excluding carboxylic acids is 2. The zero-order valence-corrected chi connectivity index (χ0v) is 12.5. The van der Waals surface area contributed by atoms with Crippen LogP contribution < -0.4 is 11.1 Å². The van der Waals surface area contributed by atoms with Crippen molar-refractivity contribution in [2.75, 3.05) is 7.05 Å². The van der Waals surface area contributed by atoms with Crippen LogP contribution in [0.2, 0.25) is 0 Å². The molecule has 0 aliphatic heterocycles. The van der Waals surface area contributed by atoms with Gasteiger partial charge < -0.3 is 16.0 Å². The zero-order valence-electron chi connectivity index (χ0n) is 12.5. The lowest BCUT2D eigenvalue weighted by molar-refractivity contribution is -0.132. The van der Waals surface area contributed by atoms with Crippen LogP contribution in [0, 0.1) is 5.92 Å². The lowest BCUT2D eigenvalue weighted by Crippen LogP contribution is -2.56. The van der Waals surface area contributed by atoms with Crippen molar-refractivity contribution in [3.8, 4) is 0 Å². The summed E-state index contributed by atoms with van der Waals surface area (Å²) in [6.07, 6.45) is 4.05. The molecule has 0 aromatic carbocycles. The summed E-state index contributed by atoms with van der Waals surface area (Å²) in [5.41, 5.74) is 5.87. The predicted molar refractivity (Wildman–Crippen MR) is 75.4 cm³/mol. The second-order valence-electron chi connectivity index (χ2n) is 5.87. The third-order valence-electron chi connectivity index (χ3n) is 4.07. The molecule has 0 heterocycles. The van der Waals surface area contributed by atoms with Crippen LogP contribution in [0.3, 0.4) is 0 Å². The van der Waals surface area contributed by atoms with Crippen molar-refractivity contribution in [2.45, 2.75) is 64.6 Å². The van der Waals surface area contributed by atoms with E-state index >= 15 is 0 Å². The molecule has 0 aromatic heterocycles. The van der Waals surface area contributed by atoms with E-state index in [2.05, 4.69) is 5.32 Å². The summed E-state index contributed by atoms with van der Waals surface area (Å²) < 4.78 is 0. The predicted octanol–water partition coefficient (Wildman–Crippen LogP) is 0.875. The molecule has 3 unspecified atom stereocenters. The Bertz CT molecular complexity index is 331. The molecule has 19 heavy (non-hydrogen) atoms. The van der Waals surface area contributed by atoms with Gasteiger partial charge in [-0.15, -0.1) is 0 Å². The number of nitrogens with zero attached hydrogens (tertiary/aromatic N) is 1. The normalized spacial score (nSPS) is 24.9. The van der Waals surface area contributed by atoms with Crippen LogP contribution >= 0.6 is 0 Å². The van der Waals surface area contributed by atoms with Gasteiger partial charge in [-0.3, -0.25) is 9.59 Å². The fourth-order valence-corrected chi connectivity index (χ4v) is 2.56. The van der Waals surface area contributed by atoms with E-state index in [1.807, 2.05) is 13.8 Å². The van der Waals surface area contributed by atoms with Crippen molar-refractivity contribution in [3.05, 3.63) is 0 Å². The molecule has 3 atom stereocenters. The van der Waals surface area contributed by atoms with E-state index in [1.165, 1.54) is 0 Å². The van der Waals surface area contributed by atoms with Crippen molar-refractivity contribution < 1.29 is 9.59 Å².